The molecule has 0 fully saturated rings. The van der Waals surface area contributed by atoms with E-state index in [1.54, 1.807) is 10.9 Å². The molecule has 3 rings (SSSR count). The number of hydrogen-bond donors (Lipinski definition) is 2. The largest absolute Gasteiger partial charge is 0.362 e. The maximum atomic E-state index is 6.28. The van der Waals surface area contributed by atoms with Crippen LogP contribution in [0.1, 0.15) is 23.4 Å². The lowest BCUT2D eigenvalue weighted by Crippen LogP contribution is -2.30. The Morgan fingerprint density at radius 3 is 2.64 bits per heavy atom. The third-order valence-corrected chi connectivity index (χ3v) is 5.07. The number of thiocarbonyl (C=S) groups is 1. The smallest absolute Gasteiger partial charge is 0.173 e. The maximum Gasteiger partial charge on any atom is 0.173 e. The Kier molecular flexibility index (Phi) is 6.93. The number of halogens is 2. The lowest BCUT2D eigenvalue weighted by molar-refractivity contribution is 0.558. The third-order valence-electron chi connectivity index (χ3n) is 4.17. The molecule has 0 radical (unpaired) electrons. The van der Waals surface area contributed by atoms with Crippen LogP contribution < -0.4 is 10.6 Å². The van der Waals surface area contributed by atoms with Crippen LogP contribution in [0.4, 0.5) is 5.82 Å². The number of hydrogen-bond acceptors (Lipinski definition) is 3. The van der Waals surface area contributed by atoms with Crippen molar-refractivity contribution in [3.8, 4) is 0 Å². The van der Waals surface area contributed by atoms with E-state index in [0.717, 1.165) is 36.5 Å². The quantitative estimate of drug-likeness (QED) is 0.423. The highest BCUT2D eigenvalue weighted by Gasteiger charge is 2.10. The van der Waals surface area contributed by atoms with E-state index in [0.29, 0.717) is 27.5 Å². The van der Waals surface area contributed by atoms with Crippen molar-refractivity contribution in [2.75, 3.05) is 11.9 Å². The molecule has 0 aliphatic rings. The number of rotatable bonds is 7. The fourth-order valence-electron chi connectivity index (χ4n) is 2.85. The van der Waals surface area contributed by atoms with Gasteiger partial charge in [0.2, 0.25) is 0 Å². The Labute approximate surface area is 179 Å². The highest BCUT2D eigenvalue weighted by molar-refractivity contribution is 7.80. The van der Waals surface area contributed by atoms with E-state index in [4.69, 9.17) is 35.4 Å². The number of nitrogens with one attached hydrogen (secondary N) is 2. The molecular weight excluding hydrogens is 415 g/mol. The van der Waals surface area contributed by atoms with Gasteiger partial charge in [-0.15, -0.1) is 0 Å². The van der Waals surface area contributed by atoms with Gasteiger partial charge in [-0.25, -0.2) is 0 Å². The second-order valence-electron chi connectivity index (χ2n) is 6.50. The fraction of sp³-hybridized carbons (Fsp3) is 0.316. The maximum absolute atomic E-state index is 6.28. The minimum absolute atomic E-state index is 0.485. The van der Waals surface area contributed by atoms with Crippen molar-refractivity contribution >= 4 is 46.4 Å². The number of benzene rings is 1. The summed E-state index contributed by atoms with van der Waals surface area (Å²) in [5, 5.41) is 16.8. The van der Waals surface area contributed by atoms with Crippen LogP contribution in [-0.4, -0.2) is 31.2 Å². The van der Waals surface area contributed by atoms with Crippen molar-refractivity contribution in [3.05, 3.63) is 63.5 Å². The van der Waals surface area contributed by atoms with Crippen molar-refractivity contribution in [3.63, 3.8) is 0 Å². The van der Waals surface area contributed by atoms with Crippen LogP contribution >= 0.6 is 35.4 Å². The molecule has 0 aliphatic carbocycles. The van der Waals surface area contributed by atoms with Gasteiger partial charge in [0.05, 0.1) is 12.2 Å². The normalized spacial score (nSPS) is 10.9. The molecule has 6 nitrogen and oxygen atoms in total. The van der Waals surface area contributed by atoms with E-state index in [-0.39, 0.29) is 0 Å². The van der Waals surface area contributed by atoms with Crippen molar-refractivity contribution in [1.82, 2.24) is 24.9 Å². The van der Waals surface area contributed by atoms with Gasteiger partial charge in [-0.05, 0) is 50.2 Å². The summed E-state index contributed by atoms with van der Waals surface area (Å²) < 4.78 is 3.73. The van der Waals surface area contributed by atoms with Gasteiger partial charge < -0.3 is 10.6 Å². The highest BCUT2D eigenvalue weighted by Crippen LogP contribution is 2.22. The summed E-state index contributed by atoms with van der Waals surface area (Å²) in [6.45, 7) is 6.14. The molecule has 0 saturated carbocycles. The third kappa shape index (κ3) is 5.47. The summed E-state index contributed by atoms with van der Waals surface area (Å²) in [6.07, 6.45) is 2.65. The first-order valence-electron chi connectivity index (χ1n) is 8.94. The molecule has 9 heteroatoms. The van der Waals surface area contributed by atoms with Gasteiger partial charge in [0, 0.05) is 30.0 Å². The molecule has 2 N–H and O–H groups in total. The zero-order valence-electron chi connectivity index (χ0n) is 15.7. The molecule has 28 heavy (non-hydrogen) atoms. The standard InChI is InChI=1S/C19H22Cl2N6S/c1-13-10-14(2)27(24-13)9-5-8-22-19(28)23-18-17(21)12-26(25-18)11-15-6-3-4-7-16(15)20/h3-4,6-7,10,12H,5,8-9,11H2,1-2H3,(H2,22,23,25,28). The van der Waals surface area contributed by atoms with Crippen LogP contribution in [0, 0.1) is 13.8 Å². The Bertz CT molecular complexity index is 965. The van der Waals surface area contributed by atoms with Crippen LogP contribution in [0.25, 0.3) is 0 Å². The number of nitrogens with zero attached hydrogens (tertiary/aromatic N) is 4. The van der Waals surface area contributed by atoms with Gasteiger partial charge in [0.15, 0.2) is 10.9 Å². The summed E-state index contributed by atoms with van der Waals surface area (Å²) in [7, 11) is 0. The Hall–Kier alpha value is -2.09. The van der Waals surface area contributed by atoms with Crippen LogP contribution in [0.2, 0.25) is 10.0 Å². The highest BCUT2D eigenvalue weighted by atomic mass is 35.5. The van der Waals surface area contributed by atoms with Crippen molar-refractivity contribution in [2.45, 2.75) is 33.4 Å². The van der Waals surface area contributed by atoms with Gasteiger partial charge in [-0.3, -0.25) is 9.36 Å². The van der Waals surface area contributed by atoms with E-state index >= 15 is 0 Å². The number of anilines is 1. The van der Waals surface area contributed by atoms with Gasteiger partial charge in [-0.1, -0.05) is 41.4 Å². The predicted octanol–water partition coefficient (Wildman–Crippen LogP) is 4.43. The Balaban J connectivity index is 1.48. The zero-order chi connectivity index (χ0) is 20.1. The molecule has 0 atom stereocenters. The molecule has 2 heterocycles. The summed E-state index contributed by atoms with van der Waals surface area (Å²) in [5.74, 6) is 0.518. The molecule has 0 bridgehead atoms. The lowest BCUT2D eigenvalue weighted by atomic mass is 10.2. The molecule has 0 aliphatic heterocycles. The lowest BCUT2D eigenvalue weighted by Gasteiger charge is -2.09. The monoisotopic (exact) mass is 436 g/mol. The van der Waals surface area contributed by atoms with E-state index in [1.807, 2.05) is 35.9 Å². The number of aromatic nitrogens is 4. The van der Waals surface area contributed by atoms with E-state index in [1.165, 1.54) is 0 Å². The molecule has 0 amide bonds. The number of aryl methyl sites for hydroxylation is 3. The molecule has 0 spiro atoms. The summed E-state index contributed by atoms with van der Waals surface area (Å²) in [6, 6.07) is 9.72. The van der Waals surface area contributed by atoms with Gasteiger partial charge >= 0.3 is 0 Å². The Morgan fingerprint density at radius 1 is 1.14 bits per heavy atom. The molecular formula is C19H22Cl2N6S. The van der Waals surface area contributed by atoms with Crippen LogP contribution in [0.3, 0.4) is 0 Å². The van der Waals surface area contributed by atoms with E-state index < -0.39 is 0 Å². The van der Waals surface area contributed by atoms with Crippen LogP contribution in [0.5, 0.6) is 0 Å². The van der Waals surface area contributed by atoms with E-state index in [9.17, 15) is 0 Å². The molecule has 2 aromatic heterocycles. The predicted molar refractivity (Wildman–Crippen MR) is 118 cm³/mol. The fourth-order valence-corrected chi connectivity index (χ4v) is 3.44. The average molecular weight is 437 g/mol. The second kappa shape index (κ2) is 9.41. The molecule has 0 saturated heterocycles. The van der Waals surface area contributed by atoms with Crippen LogP contribution in [0.15, 0.2) is 36.5 Å². The first kappa shape index (κ1) is 20.6. The molecule has 1 aromatic carbocycles. The summed E-state index contributed by atoms with van der Waals surface area (Å²) >= 11 is 17.8. The second-order valence-corrected chi connectivity index (χ2v) is 7.72. The topological polar surface area (TPSA) is 59.7 Å². The minimum atomic E-state index is 0.485. The Morgan fingerprint density at radius 2 is 1.93 bits per heavy atom. The van der Waals surface area contributed by atoms with Crippen molar-refractivity contribution < 1.29 is 0 Å². The van der Waals surface area contributed by atoms with E-state index in [2.05, 4.69) is 33.8 Å². The summed E-state index contributed by atoms with van der Waals surface area (Å²) in [5.41, 5.74) is 3.17. The van der Waals surface area contributed by atoms with Crippen molar-refractivity contribution in [2.24, 2.45) is 0 Å². The van der Waals surface area contributed by atoms with Gasteiger partial charge in [0.25, 0.3) is 0 Å². The summed E-state index contributed by atoms with van der Waals surface area (Å²) in [4.78, 5) is 0. The zero-order valence-corrected chi connectivity index (χ0v) is 18.1. The first-order chi connectivity index (χ1) is 13.4. The van der Waals surface area contributed by atoms with Crippen LogP contribution in [-0.2, 0) is 13.1 Å². The molecule has 3 aromatic rings. The van der Waals surface area contributed by atoms with Gasteiger partial charge in [0.1, 0.15) is 5.02 Å². The molecule has 0 unspecified atom stereocenters. The SMILES string of the molecule is Cc1cc(C)n(CCCNC(=S)Nc2nn(Cc3ccccc3Cl)cc2Cl)n1. The van der Waals surface area contributed by atoms with Crippen molar-refractivity contribution in [1.29, 1.82) is 0 Å². The molecule has 148 valence electrons. The average Bonchev–Trinajstić information content (AvgIpc) is 3.15. The first-order valence-corrected chi connectivity index (χ1v) is 10.1. The van der Waals surface area contributed by atoms with Gasteiger partial charge in [-0.2, -0.15) is 10.2 Å². The minimum Gasteiger partial charge on any atom is -0.362 e.